The van der Waals surface area contributed by atoms with E-state index in [0.717, 1.165) is 0 Å². The summed E-state index contributed by atoms with van der Waals surface area (Å²) in [7, 11) is -3.43. The molecule has 0 radical (unpaired) electrons. The van der Waals surface area contributed by atoms with Gasteiger partial charge in [-0.15, -0.1) is 0 Å². The Morgan fingerprint density at radius 3 is 2.10 bits per heavy atom. The van der Waals surface area contributed by atoms with Crippen molar-refractivity contribution < 1.29 is 8.42 Å². The molecule has 0 heterocycles. The van der Waals surface area contributed by atoms with Crippen LogP contribution in [0.15, 0.2) is 46.7 Å². The van der Waals surface area contributed by atoms with Crippen molar-refractivity contribution in [1.82, 2.24) is 0 Å². The third-order valence-electron chi connectivity index (χ3n) is 4.32. The Hall–Kier alpha value is -1.09. The van der Waals surface area contributed by atoms with Crippen molar-refractivity contribution in [3.8, 4) is 0 Å². The first-order chi connectivity index (χ1) is 9.09. The van der Waals surface area contributed by atoms with Crippen molar-refractivity contribution >= 4 is 9.84 Å². The Balaban J connectivity index is 2.97. The second-order valence-electron chi connectivity index (χ2n) is 6.55. The summed E-state index contributed by atoms with van der Waals surface area (Å²) in [5, 5.41) is 0. The summed E-state index contributed by atoms with van der Waals surface area (Å²) >= 11 is 0. The Bertz CT molecular complexity index is 554. The number of hydrogen-bond donors (Lipinski definition) is 0. The minimum absolute atomic E-state index is 0.0902. The molecule has 0 spiro atoms. The van der Waals surface area contributed by atoms with Gasteiger partial charge in [-0.25, -0.2) is 8.42 Å². The van der Waals surface area contributed by atoms with Crippen molar-refractivity contribution in [2.24, 2.45) is 17.3 Å². The summed E-state index contributed by atoms with van der Waals surface area (Å²) in [4.78, 5) is 0.638. The van der Waals surface area contributed by atoms with Gasteiger partial charge in [-0.3, -0.25) is 0 Å². The SMILES string of the molecule is C=C(CC(C)(C)C(C)C(C)C)S(=O)(=O)c1ccccc1. The van der Waals surface area contributed by atoms with E-state index in [1.165, 1.54) is 0 Å². The van der Waals surface area contributed by atoms with Gasteiger partial charge >= 0.3 is 0 Å². The van der Waals surface area contributed by atoms with Crippen molar-refractivity contribution in [2.45, 2.75) is 45.9 Å². The van der Waals surface area contributed by atoms with E-state index in [4.69, 9.17) is 0 Å². The van der Waals surface area contributed by atoms with Crippen LogP contribution in [-0.2, 0) is 9.84 Å². The van der Waals surface area contributed by atoms with Crippen molar-refractivity contribution in [3.05, 3.63) is 41.8 Å². The highest BCUT2D eigenvalue weighted by Crippen LogP contribution is 2.39. The van der Waals surface area contributed by atoms with E-state index < -0.39 is 9.84 Å². The molecule has 1 aromatic carbocycles. The van der Waals surface area contributed by atoms with Gasteiger partial charge in [0, 0.05) is 4.91 Å². The zero-order chi connectivity index (χ0) is 15.6. The lowest BCUT2D eigenvalue weighted by Crippen LogP contribution is -2.27. The lowest BCUT2D eigenvalue weighted by Gasteiger charge is -2.35. The van der Waals surface area contributed by atoms with Crippen molar-refractivity contribution in [2.75, 3.05) is 0 Å². The molecular formula is C17H26O2S. The van der Waals surface area contributed by atoms with Crippen LogP contribution in [0.3, 0.4) is 0 Å². The number of benzene rings is 1. The third kappa shape index (κ3) is 3.72. The summed E-state index contributed by atoms with van der Waals surface area (Å²) in [6.45, 7) is 14.6. The highest BCUT2D eigenvalue weighted by molar-refractivity contribution is 7.95. The monoisotopic (exact) mass is 294 g/mol. The summed E-state index contributed by atoms with van der Waals surface area (Å²) in [5.41, 5.74) is -0.0902. The highest BCUT2D eigenvalue weighted by Gasteiger charge is 2.32. The second kappa shape index (κ2) is 6.13. The average molecular weight is 294 g/mol. The summed E-state index contributed by atoms with van der Waals surface area (Å²) in [6.07, 6.45) is 0.490. The third-order valence-corrected chi connectivity index (χ3v) is 6.12. The first-order valence-corrected chi connectivity index (χ1v) is 8.55. The van der Waals surface area contributed by atoms with Crippen LogP contribution in [0.5, 0.6) is 0 Å². The fourth-order valence-corrected chi connectivity index (χ4v) is 3.84. The van der Waals surface area contributed by atoms with Crippen LogP contribution in [0.1, 0.15) is 41.0 Å². The standard InChI is InChI=1S/C17H26O2S/c1-13(2)15(4)17(5,6)12-14(3)20(18,19)16-10-8-7-9-11-16/h7-11,13,15H,3,12H2,1-2,4-6H3. The first kappa shape index (κ1) is 17.0. The van der Waals surface area contributed by atoms with Gasteiger partial charge < -0.3 is 0 Å². The Kier molecular flexibility index (Phi) is 5.20. The predicted molar refractivity (Wildman–Crippen MR) is 85.2 cm³/mol. The number of allylic oxidation sites excluding steroid dienone is 1. The van der Waals surface area contributed by atoms with Gasteiger partial charge in [0.2, 0.25) is 9.84 Å². The normalized spacial score (nSPS) is 14.3. The van der Waals surface area contributed by atoms with E-state index in [-0.39, 0.29) is 5.41 Å². The van der Waals surface area contributed by atoms with E-state index in [1.54, 1.807) is 24.3 Å². The molecule has 1 rings (SSSR count). The van der Waals surface area contributed by atoms with Gasteiger partial charge in [0.1, 0.15) is 0 Å². The van der Waals surface area contributed by atoms with Gasteiger partial charge in [-0.2, -0.15) is 0 Å². The molecule has 20 heavy (non-hydrogen) atoms. The molecule has 0 fully saturated rings. The molecule has 0 bridgehead atoms. The predicted octanol–water partition coefficient (Wildman–Crippen LogP) is 4.68. The minimum Gasteiger partial charge on any atom is -0.219 e. The minimum atomic E-state index is -3.43. The maximum atomic E-state index is 12.5. The van der Waals surface area contributed by atoms with Crippen LogP contribution in [-0.4, -0.2) is 8.42 Å². The molecule has 112 valence electrons. The first-order valence-electron chi connectivity index (χ1n) is 7.07. The summed E-state index contributed by atoms with van der Waals surface area (Å²) < 4.78 is 25.0. The topological polar surface area (TPSA) is 34.1 Å². The fraction of sp³-hybridized carbons (Fsp3) is 0.529. The van der Waals surface area contributed by atoms with Crippen LogP contribution in [0.2, 0.25) is 0 Å². The molecule has 0 saturated heterocycles. The van der Waals surface area contributed by atoms with Crippen LogP contribution in [0.4, 0.5) is 0 Å². The van der Waals surface area contributed by atoms with Crippen molar-refractivity contribution in [3.63, 3.8) is 0 Å². The zero-order valence-electron chi connectivity index (χ0n) is 13.2. The number of hydrogen-bond acceptors (Lipinski definition) is 2. The van der Waals surface area contributed by atoms with E-state index in [9.17, 15) is 8.42 Å². The molecular weight excluding hydrogens is 268 g/mol. The molecule has 0 aliphatic carbocycles. The second-order valence-corrected chi connectivity index (χ2v) is 8.61. The lowest BCUT2D eigenvalue weighted by molar-refractivity contribution is 0.176. The maximum Gasteiger partial charge on any atom is 0.202 e. The average Bonchev–Trinajstić information content (AvgIpc) is 2.38. The zero-order valence-corrected chi connectivity index (χ0v) is 14.0. The highest BCUT2D eigenvalue weighted by atomic mass is 32.2. The quantitative estimate of drug-likeness (QED) is 0.763. The molecule has 0 amide bonds. The van der Waals surface area contributed by atoms with Gasteiger partial charge in [0.05, 0.1) is 4.90 Å². The largest absolute Gasteiger partial charge is 0.219 e. The smallest absolute Gasteiger partial charge is 0.202 e. The molecule has 1 aromatic rings. The molecule has 1 atom stereocenters. The number of sulfone groups is 1. The fourth-order valence-electron chi connectivity index (χ4n) is 2.43. The van der Waals surface area contributed by atoms with Crippen LogP contribution >= 0.6 is 0 Å². The number of rotatable bonds is 6. The molecule has 0 aliphatic heterocycles. The molecule has 0 aromatic heterocycles. The van der Waals surface area contributed by atoms with Crippen molar-refractivity contribution in [1.29, 1.82) is 0 Å². The molecule has 3 heteroatoms. The van der Waals surface area contributed by atoms with Crippen LogP contribution in [0, 0.1) is 17.3 Å². The van der Waals surface area contributed by atoms with Gasteiger partial charge in [0.25, 0.3) is 0 Å². The van der Waals surface area contributed by atoms with Gasteiger partial charge in [0.15, 0.2) is 0 Å². The van der Waals surface area contributed by atoms with E-state index in [1.807, 2.05) is 6.07 Å². The lowest BCUT2D eigenvalue weighted by atomic mass is 9.72. The Morgan fingerprint density at radius 2 is 1.65 bits per heavy atom. The van der Waals surface area contributed by atoms with Crippen LogP contribution in [0.25, 0.3) is 0 Å². The van der Waals surface area contributed by atoms with E-state index in [0.29, 0.717) is 28.1 Å². The summed E-state index contributed by atoms with van der Waals surface area (Å²) in [6, 6.07) is 8.54. The summed E-state index contributed by atoms with van der Waals surface area (Å²) in [5.74, 6) is 0.933. The van der Waals surface area contributed by atoms with Crippen LogP contribution < -0.4 is 0 Å². The Morgan fingerprint density at radius 1 is 1.15 bits per heavy atom. The molecule has 0 aliphatic rings. The van der Waals surface area contributed by atoms with Gasteiger partial charge in [-0.1, -0.05) is 59.4 Å². The molecule has 0 N–H and O–H groups in total. The van der Waals surface area contributed by atoms with E-state index in [2.05, 4.69) is 41.2 Å². The molecule has 1 unspecified atom stereocenters. The van der Waals surface area contributed by atoms with E-state index >= 15 is 0 Å². The Labute approximate surface area is 123 Å². The maximum absolute atomic E-state index is 12.5. The molecule has 2 nitrogen and oxygen atoms in total. The molecule has 0 saturated carbocycles. The van der Waals surface area contributed by atoms with Gasteiger partial charge in [-0.05, 0) is 35.8 Å².